The molecule has 5 aromatic rings. The Morgan fingerprint density at radius 2 is 1.47 bits per heavy atom. The highest BCUT2D eigenvalue weighted by Gasteiger charge is 2.17. The monoisotopic (exact) mass is 422 g/mol. The SMILES string of the molecule is OC(CNc1nc(-c2ccccc2)nc2c1nnn2Cc1ccccc1)c1ccccc1. The maximum absolute atomic E-state index is 10.6. The summed E-state index contributed by atoms with van der Waals surface area (Å²) in [7, 11) is 0. The molecule has 7 nitrogen and oxygen atoms in total. The van der Waals surface area contributed by atoms with Gasteiger partial charge in [-0.25, -0.2) is 14.6 Å². The molecule has 2 aromatic heterocycles. The van der Waals surface area contributed by atoms with Crippen LogP contribution in [0.2, 0.25) is 0 Å². The number of aromatic nitrogens is 5. The molecule has 0 aliphatic heterocycles. The molecule has 0 saturated heterocycles. The van der Waals surface area contributed by atoms with Gasteiger partial charge in [-0.2, -0.15) is 0 Å². The fourth-order valence-electron chi connectivity index (χ4n) is 3.54. The molecule has 0 spiro atoms. The predicted octanol–water partition coefficient (Wildman–Crippen LogP) is 4.08. The van der Waals surface area contributed by atoms with E-state index in [1.165, 1.54) is 0 Å². The molecule has 1 unspecified atom stereocenters. The molecule has 0 fully saturated rings. The van der Waals surface area contributed by atoms with E-state index in [1.807, 2.05) is 91.0 Å². The maximum Gasteiger partial charge on any atom is 0.184 e. The maximum atomic E-state index is 10.6. The van der Waals surface area contributed by atoms with Gasteiger partial charge < -0.3 is 10.4 Å². The van der Waals surface area contributed by atoms with Gasteiger partial charge in [0.1, 0.15) is 0 Å². The molecule has 0 bridgehead atoms. The predicted molar refractivity (Wildman–Crippen MR) is 124 cm³/mol. The number of anilines is 1. The van der Waals surface area contributed by atoms with Gasteiger partial charge in [0.2, 0.25) is 0 Å². The third-order valence-electron chi connectivity index (χ3n) is 5.22. The number of nitrogens with zero attached hydrogens (tertiary/aromatic N) is 5. The van der Waals surface area contributed by atoms with E-state index in [0.717, 1.165) is 16.7 Å². The summed E-state index contributed by atoms with van der Waals surface area (Å²) in [5, 5.41) is 22.5. The molecule has 5 rings (SSSR count). The van der Waals surface area contributed by atoms with Crippen LogP contribution in [0.15, 0.2) is 91.0 Å². The number of rotatable bonds is 7. The lowest BCUT2D eigenvalue weighted by Crippen LogP contribution is -2.14. The van der Waals surface area contributed by atoms with Gasteiger partial charge in [-0.1, -0.05) is 96.2 Å². The van der Waals surface area contributed by atoms with Crippen molar-refractivity contribution >= 4 is 17.0 Å². The van der Waals surface area contributed by atoms with E-state index in [-0.39, 0.29) is 6.54 Å². The number of benzene rings is 3. The van der Waals surface area contributed by atoms with Crippen molar-refractivity contribution in [2.45, 2.75) is 12.6 Å². The molecule has 0 radical (unpaired) electrons. The third kappa shape index (κ3) is 4.19. The fraction of sp³-hybridized carbons (Fsp3) is 0.120. The summed E-state index contributed by atoms with van der Waals surface area (Å²) >= 11 is 0. The first kappa shape index (κ1) is 19.8. The zero-order chi connectivity index (χ0) is 21.8. The van der Waals surface area contributed by atoms with Crippen LogP contribution < -0.4 is 5.32 Å². The second-order valence-corrected chi connectivity index (χ2v) is 7.47. The minimum atomic E-state index is -0.680. The normalized spacial score (nSPS) is 12.0. The number of aliphatic hydroxyl groups excluding tert-OH is 1. The summed E-state index contributed by atoms with van der Waals surface area (Å²) in [5.41, 5.74) is 4.04. The van der Waals surface area contributed by atoms with Crippen LogP contribution in [0.3, 0.4) is 0 Å². The summed E-state index contributed by atoms with van der Waals surface area (Å²) in [6.07, 6.45) is -0.680. The third-order valence-corrected chi connectivity index (χ3v) is 5.22. The van der Waals surface area contributed by atoms with Gasteiger partial charge in [-0.3, -0.25) is 0 Å². The first-order valence-electron chi connectivity index (χ1n) is 10.5. The molecular formula is C25H22N6O. The Morgan fingerprint density at radius 3 is 2.19 bits per heavy atom. The summed E-state index contributed by atoms with van der Waals surface area (Å²) in [6, 6.07) is 29.4. The minimum absolute atomic E-state index is 0.288. The Labute approximate surface area is 185 Å². The molecule has 158 valence electrons. The highest BCUT2D eigenvalue weighted by Crippen LogP contribution is 2.24. The second kappa shape index (κ2) is 8.95. The highest BCUT2D eigenvalue weighted by atomic mass is 16.3. The lowest BCUT2D eigenvalue weighted by molar-refractivity contribution is 0.191. The molecular weight excluding hydrogens is 400 g/mol. The number of nitrogens with one attached hydrogen (secondary N) is 1. The van der Waals surface area contributed by atoms with Crippen molar-refractivity contribution < 1.29 is 5.11 Å². The number of aliphatic hydroxyl groups is 1. The van der Waals surface area contributed by atoms with Gasteiger partial charge in [0.15, 0.2) is 22.8 Å². The number of fused-ring (bicyclic) bond motifs is 1. The van der Waals surface area contributed by atoms with Crippen LogP contribution in [0.5, 0.6) is 0 Å². The van der Waals surface area contributed by atoms with Crippen LogP contribution in [0, 0.1) is 0 Å². The van der Waals surface area contributed by atoms with Crippen molar-refractivity contribution in [1.82, 2.24) is 25.0 Å². The van der Waals surface area contributed by atoms with E-state index in [9.17, 15) is 5.11 Å². The largest absolute Gasteiger partial charge is 0.387 e. The molecule has 3 aromatic carbocycles. The van der Waals surface area contributed by atoms with Gasteiger partial charge in [-0.05, 0) is 11.1 Å². The standard InChI is InChI=1S/C25H22N6O/c32-21(19-12-6-2-7-13-19)16-26-24-22-25(28-23(27-24)20-14-8-3-9-15-20)31(30-29-22)17-18-10-4-1-5-11-18/h1-15,21,32H,16-17H2,(H,26,27,28). The van der Waals surface area contributed by atoms with Crippen LogP contribution in [-0.4, -0.2) is 36.6 Å². The van der Waals surface area contributed by atoms with Crippen LogP contribution in [-0.2, 0) is 6.54 Å². The molecule has 0 amide bonds. The first-order chi connectivity index (χ1) is 15.8. The Kier molecular flexibility index (Phi) is 5.55. The van der Waals surface area contributed by atoms with Crippen molar-refractivity contribution in [3.63, 3.8) is 0 Å². The summed E-state index contributed by atoms with van der Waals surface area (Å²) < 4.78 is 1.78. The van der Waals surface area contributed by atoms with E-state index >= 15 is 0 Å². The van der Waals surface area contributed by atoms with Crippen molar-refractivity contribution in [3.05, 3.63) is 102 Å². The summed E-state index contributed by atoms with van der Waals surface area (Å²) in [6.45, 7) is 0.838. The number of hydrogen-bond acceptors (Lipinski definition) is 6. The molecule has 7 heteroatoms. The van der Waals surface area contributed by atoms with Gasteiger partial charge in [-0.15, -0.1) is 5.10 Å². The Bertz CT molecular complexity index is 1310. The van der Waals surface area contributed by atoms with E-state index in [1.54, 1.807) is 4.68 Å². The van der Waals surface area contributed by atoms with Gasteiger partial charge in [0.05, 0.1) is 12.6 Å². The van der Waals surface area contributed by atoms with Crippen molar-refractivity contribution in [1.29, 1.82) is 0 Å². The van der Waals surface area contributed by atoms with Crippen LogP contribution >= 0.6 is 0 Å². The van der Waals surface area contributed by atoms with E-state index < -0.39 is 6.10 Å². The topological polar surface area (TPSA) is 88.8 Å². The molecule has 0 aliphatic rings. The zero-order valence-corrected chi connectivity index (χ0v) is 17.3. The van der Waals surface area contributed by atoms with Crippen molar-refractivity contribution in [2.24, 2.45) is 0 Å². The quantitative estimate of drug-likeness (QED) is 0.411. The molecule has 2 heterocycles. The summed E-state index contributed by atoms with van der Waals surface area (Å²) in [5.74, 6) is 1.12. The van der Waals surface area contributed by atoms with Crippen LogP contribution in [0.1, 0.15) is 17.2 Å². The van der Waals surface area contributed by atoms with Crippen molar-refractivity contribution in [3.8, 4) is 11.4 Å². The van der Waals surface area contributed by atoms with Crippen LogP contribution in [0.25, 0.3) is 22.6 Å². The average Bonchev–Trinajstić information content (AvgIpc) is 3.26. The molecule has 1 atom stereocenters. The number of hydrogen-bond donors (Lipinski definition) is 2. The van der Waals surface area contributed by atoms with E-state index in [4.69, 9.17) is 9.97 Å². The second-order valence-electron chi connectivity index (χ2n) is 7.47. The minimum Gasteiger partial charge on any atom is -0.387 e. The zero-order valence-electron chi connectivity index (χ0n) is 17.3. The Balaban J connectivity index is 1.52. The first-order valence-corrected chi connectivity index (χ1v) is 10.5. The molecule has 32 heavy (non-hydrogen) atoms. The highest BCUT2D eigenvalue weighted by molar-refractivity contribution is 5.84. The van der Waals surface area contributed by atoms with Crippen molar-refractivity contribution in [2.75, 3.05) is 11.9 Å². The molecule has 0 saturated carbocycles. The lowest BCUT2D eigenvalue weighted by Gasteiger charge is -2.13. The molecule has 2 N–H and O–H groups in total. The van der Waals surface area contributed by atoms with E-state index in [0.29, 0.717) is 29.4 Å². The van der Waals surface area contributed by atoms with Crippen LogP contribution in [0.4, 0.5) is 5.82 Å². The summed E-state index contributed by atoms with van der Waals surface area (Å²) in [4.78, 5) is 9.48. The molecule has 0 aliphatic carbocycles. The fourth-order valence-corrected chi connectivity index (χ4v) is 3.54. The average molecular weight is 422 g/mol. The smallest absolute Gasteiger partial charge is 0.184 e. The van der Waals surface area contributed by atoms with E-state index in [2.05, 4.69) is 15.6 Å². The van der Waals surface area contributed by atoms with Gasteiger partial charge in [0, 0.05) is 12.1 Å². The van der Waals surface area contributed by atoms with Gasteiger partial charge >= 0.3 is 0 Å². The lowest BCUT2D eigenvalue weighted by atomic mass is 10.1. The Hall–Kier alpha value is -4.10. The Morgan fingerprint density at radius 1 is 0.812 bits per heavy atom. The van der Waals surface area contributed by atoms with Gasteiger partial charge in [0.25, 0.3) is 0 Å².